The van der Waals surface area contributed by atoms with Crippen molar-refractivity contribution in [2.45, 2.75) is 57.0 Å². The Morgan fingerprint density at radius 1 is 1.00 bits per heavy atom. The van der Waals surface area contributed by atoms with E-state index in [0.717, 1.165) is 41.8 Å². The highest BCUT2D eigenvalue weighted by Crippen LogP contribution is 2.41. The van der Waals surface area contributed by atoms with Crippen LogP contribution in [-0.2, 0) is 25.8 Å². The summed E-state index contributed by atoms with van der Waals surface area (Å²) in [6, 6.07) is 15.9. The molecule has 3 aliphatic rings. The van der Waals surface area contributed by atoms with Crippen LogP contribution in [0.2, 0.25) is 5.02 Å². The Balaban J connectivity index is 1.22. The van der Waals surface area contributed by atoms with Gasteiger partial charge in [0.2, 0.25) is 0 Å². The lowest BCUT2D eigenvalue weighted by atomic mass is 9.85. The number of halogens is 1. The molecule has 1 atom stereocenters. The smallest absolute Gasteiger partial charge is 0.139 e. The number of hydrogen-bond acceptors (Lipinski definition) is 2. The second kappa shape index (κ2) is 7.00. The molecular formula is C25H26ClN3. The van der Waals surface area contributed by atoms with Gasteiger partial charge in [-0.2, -0.15) is 0 Å². The lowest BCUT2D eigenvalue weighted by Crippen LogP contribution is -2.42. The summed E-state index contributed by atoms with van der Waals surface area (Å²) < 4.78 is 0. The molecule has 0 bridgehead atoms. The molecule has 1 fully saturated rings. The first-order valence-electron chi connectivity index (χ1n) is 10.9. The van der Waals surface area contributed by atoms with Crippen LogP contribution in [0, 0.1) is 0 Å². The van der Waals surface area contributed by atoms with E-state index in [9.17, 15) is 0 Å². The van der Waals surface area contributed by atoms with E-state index >= 15 is 0 Å². The maximum atomic E-state index is 6.39. The molecule has 2 aliphatic carbocycles. The van der Waals surface area contributed by atoms with Crippen LogP contribution in [0.15, 0.2) is 42.5 Å². The number of rotatable bonds is 3. The zero-order valence-corrected chi connectivity index (χ0v) is 17.4. The lowest BCUT2D eigenvalue weighted by Gasteiger charge is -2.37. The van der Waals surface area contributed by atoms with E-state index < -0.39 is 0 Å². The van der Waals surface area contributed by atoms with E-state index in [1.807, 2.05) is 24.3 Å². The second-order valence-corrected chi connectivity index (χ2v) is 9.32. The summed E-state index contributed by atoms with van der Waals surface area (Å²) in [7, 11) is 0. The molecule has 0 spiro atoms. The molecule has 3 nitrogen and oxygen atoms in total. The highest BCUT2D eigenvalue weighted by Gasteiger charge is 2.30. The third-order valence-electron chi connectivity index (χ3n) is 6.99. The molecule has 1 N–H and O–H groups in total. The van der Waals surface area contributed by atoms with Gasteiger partial charge in [-0.15, -0.1) is 0 Å². The van der Waals surface area contributed by atoms with E-state index in [-0.39, 0.29) is 0 Å². The van der Waals surface area contributed by atoms with Gasteiger partial charge in [0.05, 0.1) is 16.4 Å². The molecule has 2 heterocycles. The summed E-state index contributed by atoms with van der Waals surface area (Å²) in [5, 5.41) is 0.755. The van der Waals surface area contributed by atoms with Gasteiger partial charge in [-0.3, -0.25) is 4.90 Å². The van der Waals surface area contributed by atoms with Gasteiger partial charge in [0.15, 0.2) is 0 Å². The van der Waals surface area contributed by atoms with Crippen LogP contribution in [0.3, 0.4) is 0 Å². The minimum atomic E-state index is 0.636. The van der Waals surface area contributed by atoms with E-state index in [0.29, 0.717) is 6.04 Å². The number of aryl methyl sites for hydroxylation is 1. The summed E-state index contributed by atoms with van der Waals surface area (Å²) in [5.41, 5.74) is 8.22. The molecule has 4 heteroatoms. The Bertz CT molecular complexity index is 1070. The number of nitrogens with one attached hydrogen (secondary N) is 1. The number of hydrogen-bond donors (Lipinski definition) is 1. The largest absolute Gasteiger partial charge is 0.340 e. The van der Waals surface area contributed by atoms with Gasteiger partial charge in [0.25, 0.3) is 0 Å². The minimum absolute atomic E-state index is 0.636. The summed E-state index contributed by atoms with van der Waals surface area (Å²) >= 11 is 6.39. The van der Waals surface area contributed by atoms with Gasteiger partial charge >= 0.3 is 0 Å². The molecule has 2 aromatic carbocycles. The van der Waals surface area contributed by atoms with Crippen molar-refractivity contribution < 1.29 is 0 Å². The number of fused-ring (bicyclic) bond motifs is 2. The Kier molecular flexibility index (Phi) is 4.28. The van der Waals surface area contributed by atoms with E-state index in [4.69, 9.17) is 16.6 Å². The molecule has 1 saturated carbocycles. The predicted octanol–water partition coefficient (Wildman–Crippen LogP) is 5.52. The van der Waals surface area contributed by atoms with E-state index in [2.05, 4.69) is 28.1 Å². The summed E-state index contributed by atoms with van der Waals surface area (Å²) in [5.74, 6) is 1.75. The zero-order valence-electron chi connectivity index (χ0n) is 16.6. The topological polar surface area (TPSA) is 31.9 Å². The monoisotopic (exact) mass is 403 g/mol. The normalized spacial score (nSPS) is 21.6. The van der Waals surface area contributed by atoms with Gasteiger partial charge < -0.3 is 4.98 Å². The average Bonchev–Trinajstić information content (AvgIpc) is 3.52. The number of nitrogens with zero attached hydrogens (tertiary/aromatic N) is 2. The Hall–Kier alpha value is -2.10. The van der Waals surface area contributed by atoms with Crippen LogP contribution in [-0.4, -0.2) is 27.5 Å². The van der Waals surface area contributed by atoms with Gasteiger partial charge in [0, 0.05) is 31.1 Å². The summed E-state index contributed by atoms with van der Waals surface area (Å²) in [6.07, 6.45) is 7.44. The molecule has 148 valence electrons. The highest BCUT2D eigenvalue weighted by atomic mass is 35.5. The number of aromatic nitrogens is 2. The molecule has 3 aromatic rings. The van der Waals surface area contributed by atoms with Gasteiger partial charge in [-0.25, -0.2) is 4.98 Å². The van der Waals surface area contributed by atoms with Crippen LogP contribution in [0.25, 0.3) is 11.4 Å². The predicted molar refractivity (Wildman–Crippen MR) is 117 cm³/mol. The molecule has 0 amide bonds. The molecule has 1 aromatic heterocycles. The third kappa shape index (κ3) is 3.31. The standard InChI is InChI=1S/C25H26ClN3/c26-22-4-2-1-3-21(22)25-27-23-11-12-29(15-24(23)28-25)20-10-9-17-7-8-18(16-5-6-16)13-19(17)14-20/h1-4,7-8,13,16,20H,5-6,9-12,14-15H2,(H,27,28). The van der Waals surface area contributed by atoms with Gasteiger partial charge in [-0.05, 0) is 66.8 Å². The molecular weight excluding hydrogens is 378 g/mol. The van der Waals surface area contributed by atoms with Crippen LogP contribution in [0.4, 0.5) is 0 Å². The molecule has 6 rings (SSSR count). The number of aromatic amines is 1. The molecule has 0 radical (unpaired) electrons. The van der Waals surface area contributed by atoms with Crippen LogP contribution in [0.1, 0.15) is 53.3 Å². The van der Waals surface area contributed by atoms with E-state index in [1.54, 1.807) is 16.7 Å². The minimum Gasteiger partial charge on any atom is -0.340 e. The van der Waals surface area contributed by atoms with Crippen molar-refractivity contribution in [2.75, 3.05) is 6.54 Å². The first-order valence-corrected chi connectivity index (χ1v) is 11.3. The summed E-state index contributed by atoms with van der Waals surface area (Å²) in [6.45, 7) is 2.07. The maximum Gasteiger partial charge on any atom is 0.139 e. The number of H-pyrrole nitrogens is 1. The first kappa shape index (κ1) is 17.7. The fraction of sp³-hybridized carbons (Fsp3) is 0.400. The second-order valence-electron chi connectivity index (χ2n) is 8.91. The summed E-state index contributed by atoms with van der Waals surface area (Å²) in [4.78, 5) is 11.1. The SMILES string of the molecule is Clc1ccccc1-c1nc2c([nH]1)CN(C1CCc3ccc(C4CC4)cc3C1)CC2. The van der Waals surface area contributed by atoms with Gasteiger partial charge in [-0.1, -0.05) is 41.9 Å². The fourth-order valence-corrected chi connectivity index (χ4v) is 5.37. The van der Waals surface area contributed by atoms with Crippen molar-refractivity contribution in [3.8, 4) is 11.4 Å². The number of imidazole rings is 1. The first-order chi connectivity index (χ1) is 14.2. The van der Waals surface area contributed by atoms with Crippen molar-refractivity contribution in [2.24, 2.45) is 0 Å². The van der Waals surface area contributed by atoms with E-state index in [1.165, 1.54) is 43.5 Å². The maximum absolute atomic E-state index is 6.39. The van der Waals surface area contributed by atoms with Crippen molar-refractivity contribution >= 4 is 11.6 Å². The molecule has 0 saturated heterocycles. The highest BCUT2D eigenvalue weighted by molar-refractivity contribution is 6.33. The van der Waals surface area contributed by atoms with Crippen LogP contribution >= 0.6 is 11.6 Å². The fourth-order valence-electron chi connectivity index (χ4n) is 5.15. The molecule has 29 heavy (non-hydrogen) atoms. The Morgan fingerprint density at radius 2 is 1.90 bits per heavy atom. The van der Waals surface area contributed by atoms with Crippen molar-refractivity contribution in [3.05, 3.63) is 75.6 Å². The molecule has 1 aliphatic heterocycles. The average molecular weight is 404 g/mol. The third-order valence-corrected chi connectivity index (χ3v) is 7.32. The van der Waals surface area contributed by atoms with Crippen LogP contribution in [0.5, 0.6) is 0 Å². The molecule has 1 unspecified atom stereocenters. The Labute approximate surface area is 177 Å². The Morgan fingerprint density at radius 3 is 2.76 bits per heavy atom. The van der Waals surface area contributed by atoms with Crippen molar-refractivity contribution in [3.63, 3.8) is 0 Å². The van der Waals surface area contributed by atoms with Crippen molar-refractivity contribution in [1.29, 1.82) is 0 Å². The van der Waals surface area contributed by atoms with Gasteiger partial charge in [0.1, 0.15) is 5.82 Å². The number of benzene rings is 2. The van der Waals surface area contributed by atoms with Crippen molar-refractivity contribution in [1.82, 2.24) is 14.9 Å². The lowest BCUT2D eigenvalue weighted by molar-refractivity contribution is 0.160. The zero-order chi connectivity index (χ0) is 19.4. The quantitative estimate of drug-likeness (QED) is 0.624. The van der Waals surface area contributed by atoms with Crippen LogP contribution < -0.4 is 0 Å².